The summed E-state index contributed by atoms with van der Waals surface area (Å²) >= 11 is 6.49. The van der Waals surface area contributed by atoms with Crippen molar-refractivity contribution in [2.75, 3.05) is 49.6 Å². The molecule has 2 aliphatic heterocycles. The van der Waals surface area contributed by atoms with Gasteiger partial charge < -0.3 is 28.7 Å². The van der Waals surface area contributed by atoms with E-state index in [9.17, 15) is 22.8 Å². The Labute approximate surface area is 265 Å². The summed E-state index contributed by atoms with van der Waals surface area (Å²) in [6, 6.07) is 3.03. The van der Waals surface area contributed by atoms with Crippen molar-refractivity contribution < 1.29 is 41.7 Å². The van der Waals surface area contributed by atoms with Crippen LogP contribution in [0.2, 0.25) is 5.15 Å². The van der Waals surface area contributed by atoms with Crippen LogP contribution in [0.5, 0.6) is 5.75 Å². The smallest absolute Gasteiger partial charge is 0.437 e. The van der Waals surface area contributed by atoms with Gasteiger partial charge in [0.05, 0.1) is 30.2 Å². The lowest BCUT2D eigenvalue weighted by molar-refractivity contribution is -0.143. The Morgan fingerprint density at radius 1 is 1.07 bits per heavy atom. The van der Waals surface area contributed by atoms with Gasteiger partial charge in [-0.1, -0.05) is 11.6 Å². The molecule has 0 aromatic carbocycles. The quantitative estimate of drug-likeness (QED) is 0.335. The van der Waals surface area contributed by atoms with Crippen molar-refractivity contribution in [3.63, 3.8) is 0 Å². The molecule has 248 valence electrons. The fourth-order valence-electron chi connectivity index (χ4n) is 4.85. The van der Waals surface area contributed by atoms with E-state index in [1.165, 1.54) is 17.2 Å². The van der Waals surface area contributed by atoms with Crippen LogP contribution < -0.4 is 15.0 Å². The summed E-state index contributed by atoms with van der Waals surface area (Å²) in [7, 11) is 0. The number of ether oxygens (including phenoxy) is 4. The summed E-state index contributed by atoms with van der Waals surface area (Å²) in [4.78, 5) is 36.8. The van der Waals surface area contributed by atoms with E-state index in [4.69, 9.17) is 30.5 Å². The molecule has 2 saturated heterocycles. The summed E-state index contributed by atoms with van der Waals surface area (Å²) in [6.45, 7) is 13.8. The number of aromatic nitrogens is 2. The molecule has 2 aromatic heterocycles. The highest BCUT2D eigenvalue weighted by atomic mass is 35.5. The van der Waals surface area contributed by atoms with Gasteiger partial charge in [0, 0.05) is 44.0 Å². The Hall–Kier alpha value is -3.52. The molecule has 1 atom stereocenters. The molecule has 2 aliphatic rings. The van der Waals surface area contributed by atoms with Crippen molar-refractivity contribution in [1.29, 1.82) is 0 Å². The molecular formula is C30H39ClF3N5O6. The lowest BCUT2D eigenvalue weighted by atomic mass is 9.95. The van der Waals surface area contributed by atoms with Gasteiger partial charge in [0.1, 0.15) is 22.5 Å². The molecule has 11 nitrogen and oxygen atoms in total. The van der Waals surface area contributed by atoms with Gasteiger partial charge in [0.2, 0.25) is 0 Å². The summed E-state index contributed by atoms with van der Waals surface area (Å²) in [6.07, 6.45) is -6.09. The number of carbonyl (C=O) groups excluding carboxylic acids is 2. The van der Waals surface area contributed by atoms with E-state index in [1.54, 1.807) is 54.5 Å². The van der Waals surface area contributed by atoms with E-state index in [2.05, 4.69) is 15.3 Å². The predicted octanol–water partition coefficient (Wildman–Crippen LogP) is 6.81. The first-order valence-electron chi connectivity index (χ1n) is 14.6. The zero-order valence-corrected chi connectivity index (χ0v) is 27.1. The fraction of sp³-hybridized carbons (Fsp3) is 0.600. The number of anilines is 2. The van der Waals surface area contributed by atoms with Gasteiger partial charge in [-0.15, -0.1) is 0 Å². The first-order valence-corrected chi connectivity index (χ1v) is 14.9. The van der Waals surface area contributed by atoms with Crippen LogP contribution in [0.4, 0.5) is 34.1 Å². The number of nitrogens with one attached hydrogen (secondary N) is 1. The molecule has 4 rings (SSSR count). The minimum atomic E-state index is -4.98. The highest BCUT2D eigenvalue weighted by molar-refractivity contribution is 6.30. The molecule has 1 unspecified atom stereocenters. The third-order valence-electron chi connectivity index (χ3n) is 6.82. The maximum absolute atomic E-state index is 14.7. The molecule has 0 bridgehead atoms. The first kappa shape index (κ1) is 34.4. The largest absolute Gasteiger partial charge is 0.481 e. The average molecular weight is 658 g/mol. The SMILES string of the molecule is CC(Oc1c(NC(=O)OC(C)(C)C)cc(C2CN(C(=O)OC(C)(C)C)C2)nc1C(F)(F)F)c1c(N2CCOCC2)ccnc1Cl. The van der Waals surface area contributed by atoms with E-state index >= 15 is 0 Å². The second kappa shape index (κ2) is 13.1. The fourth-order valence-corrected chi connectivity index (χ4v) is 5.16. The van der Waals surface area contributed by atoms with E-state index < -0.39 is 53.0 Å². The summed E-state index contributed by atoms with van der Waals surface area (Å²) < 4.78 is 66.1. The van der Waals surface area contributed by atoms with Gasteiger partial charge >= 0.3 is 18.4 Å². The van der Waals surface area contributed by atoms with Crippen molar-refractivity contribution in [3.8, 4) is 5.75 Å². The molecule has 0 aliphatic carbocycles. The van der Waals surface area contributed by atoms with Crippen molar-refractivity contribution in [3.05, 3.63) is 40.4 Å². The van der Waals surface area contributed by atoms with E-state index in [0.717, 1.165) is 0 Å². The second-order valence-electron chi connectivity index (χ2n) is 12.9. The summed E-state index contributed by atoms with van der Waals surface area (Å²) in [5.74, 6) is -1.26. The van der Waals surface area contributed by atoms with Gasteiger partial charge in [0.25, 0.3) is 0 Å². The highest BCUT2D eigenvalue weighted by Gasteiger charge is 2.42. The number of hydrogen-bond donors (Lipinski definition) is 1. The average Bonchev–Trinajstić information content (AvgIpc) is 2.86. The maximum Gasteiger partial charge on any atom is 0.437 e. The molecule has 2 amide bonds. The highest BCUT2D eigenvalue weighted by Crippen LogP contribution is 2.45. The van der Waals surface area contributed by atoms with Crippen molar-refractivity contribution >= 4 is 35.2 Å². The lowest BCUT2D eigenvalue weighted by Gasteiger charge is -2.39. The molecule has 15 heteroatoms. The molecule has 4 heterocycles. The number of nitrogens with zero attached hydrogens (tertiary/aromatic N) is 4. The number of rotatable bonds is 6. The van der Waals surface area contributed by atoms with Crippen LogP contribution in [0.1, 0.15) is 77.4 Å². The lowest BCUT2D eigenvalue weighted by Crippen LogP contribution is -2.50. The van der Waals surface area contributed by atoms with Crippen LogP contribution in [-0.4, -0.2) is 77.6 Å². The van der Waals surface area contributed by atoms with Gasteiger partial charge in [-0.25, -0.2) is 19.6 Å². The molecule has 45 heavy (non-hydrogen) atoms. The first-order chi connectivity index (χ1) is 20.8. The van der Waals surface area contributed by atoms with Gasteiger partial charge in [-0.2, -0.15) is 13.2 Å². The van der Waals surface area contributed by atoms with Crippen LogP contribution in [-0.2, 0) is 20.4 Å². The number of amides is 2. The second-order valence-corrected chi connectivity index (χ2v) is 13.2. The van der Waals surface area contributed by atoms with Gasteiger partial charge in [-0.3, -0.25) is 5.32 Å². The molecule has 0 saturated carbocycles. The molecule has 2 aromatic rings. The number of pyridine rings is 2. The Morgan fingerprint density at radius 2 is 1.69 bits per heavy atom. The Balaban J connectivity index is 1.73. The topological polar surface area (TPSA) is 115 Å². The number of hydrogen-bond acceptors (Lipinski definition) is 9. The van der Waals surface area contributed by atoms with Crippen molar-refractivity contribution in [1.82, 2.24) is 14.9 Å². The van der Waals surface area contributed by atoms with E-state index in [1.807, 2.05) is 4.90 Å². The maximum atomic E-state index is 14.7. The summed E-state index contributed by atoms with van der Waals surface area (Å²) in [5.41, 5.74) is -2.28. The monoisotopic (exact) mass is 657 g/mol. The Kier molecular flexibility index (Phi) is 9.98. The van der Waals surface area contributed by atoms with Crippen LogP contribution >= 0.6 is 11.6 Å². The Bertz CT molecular complexity index is 1400. The van der Waals surface area contributed by atoms with E-state index in [0.29, 0.717) is 37.6 Å². The number of alkyl halides is 3. The van der Waals surface area contributed by atoms with Crippen LogP contribution in [0.15, 0.2) is 18.3 Å². The number of morpholine rings is 1. The molecule has 0 radical (unpaired) electrons. The standard InChI is InChI=1S/C30H39ClF3N5O6/c1-17(22-21(8-9-35-25(22)31)38-10-12-42-13-11-38)43-23-20(37-26(40)44-28(2,3)4)14-19(36-24(23)30(32,33)34)18-15-39(16-18)27(41)45-29(5,6)7/h8-9,14,17-18H,10-13,15-16H2,1-7H3,(H,36,37,40). The van der Waals surface area contributed by atoms with E-state index in [-0.39, 0.29) is 29.6 Å². The normalized spacial score (nSPS) is 17.0. The molecule has 2 fully saturated rings. The Morgan fingerprint density at radius 3 is 2.27 bits per heavy atom. The van der Waals surface area contributed by atoms with Crippen LogP contribution in [0, 0.1) is 0 Å². The van der Waals surface area contributed by atoms with Crippen LogP contribution in [0.25, 0.3) is 0 Å². The zero-order chi connectivity index (χ0) is 33.3. The number of halogens is 4. The summed E-state index contributed by atoms with van der Waals surface area (Å²) in [5, 5.41) is 2.49. The number of likely N-dealkylation sites (tertiary alicyclic amines) is 1. The minimum Gasteiger partial charge on any atom is -0.481 e. The molecule has 0 spiro atoms. The number of carbonyl (C=O) groups is 2. The van der Waals surface area contributed by atoms with Crippen LogP contribution in [0.3, 0.4) is 0 Å². The van der Waals surface area contributed by atoms with Crippen molar-refractivity contribution in [2.45, 2.75) is 77.9 Å². The minimum absolute atomic E-state index is 0.0154. The third-order valence-corrected chi connectivity index (χ3v) is 7.12. The third kappa shape index (κ3) is 8.81. The zero-order valence-electron chi connectivity index (χ0n) is 26.4. The predicted molar refractivity (Wildman–Crippen MR) is 161 cm³/mol. The van der Waals surface area contributed by atoms with Gasteiger partial charge in [-0.05, 0) is 60.6 Å². The molecular weight excluding hydrogens is 619 g/mol. The molecule has 1 N–H and O–H groups in total. The van der Waals surface area contributed by atoms with Crippen molar-refractivity contribution in [2.24, 2.45) is 0 Å². The van der Waals surface area contributed by atoms with Gasteiger partial charge in [0.15, 0.2) is 11.4 Å².